The van der Waals surface area contributed by atoms with Crippen molar-refractivity contribution in [2.24, 2.45) is 11.8 Å². The summed E-state index contributed by atoms with van der Waals surface area (Å²) in [7, 11) is 0. The van der Waals surface area contributed by atoms with Gasteiger partial charge in [-0.05, 0) is 50.4 Å². The Labute approximate surface area is 126 Å². The zero-order valence-corrected chi connectivity index (χ0v) is 12.6. The number of carbonyl (C=O) groups excluding carboxylic acids is 1. The van der Waals surface area contributed by atoms with Crippen LogP contribution in [-0.2, 0) is 4.79 Å². The van der Waals surface area contributed by atoms with Crippen molar-refractivity contribution < 1.29 is 14.7 Å². The summed E-state index contributed by atoms with van der Waals surface area (Å²) in [6, 6.07) is 0.181. The van der Waals surface area contributed by atoms with E-state index in [1.54, 1.807) is 0 Å². The van der Waals surface area contributed by atoms with E-state index in [0.29, 0.717) is 17.9 Å². The van der Waals surface area contributed by atoms with Gasteiger partial charge in [0.15, 0.2) is 0 Å². The maximum absolute atomic E-state index is 12.6. The maximum Gasteiger partial charge on any atom is 0.317 e. The molecule has 2 saturated carbocycles. The molecule has 118 valence electrons. The molecule has 0 aromatic heterocycles. The third-order valence-electron chi connectivity index (χ3n) is 5.40. The quantitative estimate of drug-likeness (QED) is 0.837. The molecule has 3 atom stereocenters. The number of likely N-dealkylation sites (tertiary alicyclic amines) is 1. The van der Waals surface area contributed by atoms with Gasteiger partial charge in [-0.1, -0.05) is 12.8 Å². The van der Waals surface area contributed by atoms with Crippen molar-refractivity contribution in [3.05, 3.63) is 0 Å². The number of rotatable bonds is 4. The lowest BCUT2D eigenvalue weighted by Crippen LogP contribution is -2.55. The summed E-state index contributed by atoms with van der Waals surface area (Å²) in [5.41, 5.74) is 0. The molecular formula is C16H26N2O3. The number of amides is 2. The predicted molar refractivity (Wildman–Crippen MR) is 79.0 cm³/mol. The second kappa shape index (κ2) is 6.24. The molecule has 0 radical (unpaired) electrons. The number of carboxylic acids is 1. The Hall–Kier alpha value is -1.26. The number of nitrogens with zero attached hydrogens (tertiary/aromatic N) is 1. The van der Waals surface area contributed by atoms with Crippen molar-refractivity contribution in [1.29, 1.82) is 0 Å². The van der Waals surface area contributed by atoms with E-state index in [2.05, 4.69) is 5.32 Å². The van der Waals surface area contributed by atoms with Gasteiger partial charge in [-0.2, -0.15) is 0 Å². The Morgan fingerprint density at radius 3 is 2.52 bits per heavy atom. The molecule has 2 aliphatic carbocycles. The summed E-state index contributed by atoms with van der Waals surface area (Å²) < 4.78 is 0. The lowest BCUT2D eigenvalue weighted by Gasteiger charge is -2.44. The number of fused-ring (bicyclic) bond motifs is 1. The van der Waals surface area contributed by atoms with Crippen molar-refractivity contribution in [3.63, 3.8) is 0 Å². The Morgan fingerprint density at radius 1 is 1.10 bits per heavy atom. The minimum atomic E-state index is -0.818. The number of hydrogen-bond donors (Lipinski definition) is 2. The summed E-state index contributed by atoms with van der Waals surface area (Å²) in [4.78, 5) is 25.6. The third kappa shape index (κ3) is 3.50. The normalized spacial score (nSPS) is 30.4. The lowest BCUT2D eigenvalue weighted by atomic mass is 9.78. The van der Waals surface area contributed by atoms with Crippen molar-refractivity contribution in [2.75, 3.05) is 6.54 Å². The van der Waals surface area contributed by atoms with E-state index >= 15 is 0 Å². The number of piperidine rings is 1. The van der Waals surface area contributed by atoms with Crippen LogP contribution < -0.4 is 5.32 Å². The summed E-state index contributed by atoms with van der Waals surface area (Å²) in [5.74, 6) is 0.218. The molecule has 1 heterocycles. The van der Waals surface area contributed by atoms with Crippen LogP contribution in [0.4, 0.5) is 4.79 Å². The van der Waals surface area contributed by atoms with E-state index in [1.165, 1.54) is 25.7 Å². The molecule has 5 nitrogen and oxygen atoms in total. The van der Waals surface area contributed by atoms with Crippen LogP contribution in [0.15, 0.2) is 0 Å². The van der Waals surface area contributed by atoms with Crippen molar-refractivity contribution in [2.45, 2.75) is 69.9 Å². The molecule has 3 rings (SSSR count). The van der Waals surface area contributed by atoms with Gasteiger partial charge in [-0.3, -0.25) is 4.79 Å². The summed E-state index contributed by atoms with van der Waals surface area (Å²) in [6.45, 7) is 0.831. The van der Waals surface area contributed by atoms with Gasteiger partial charge < -0.3 is 15.3 Å². The van der Waals surface area contributed by atoms with Gasteiger partial charge >= 0.3 is 12.0 Å². The van der Waals surface area contributed by atoms with Gasteiger partial charge in [0.2, 0.25) is 0 Å². The fourth-order valence-corrected chi connectivity index (χ4v) is 4.14. The predicted octanol–water partition coefficient (Wildman–Crippen LogP) is 2.60. The van der Waals surface area contributed by atoms with Crippen LogP contribution in [-0.4, -0.2) is 40.6 Å². The third-order valence-corrected chi connectivity index (χ3v) is 5.40. The molecule has 0 aromatic rings. The Bertz CT molecular complexity index is 406. The average Bonchev–Trinajstić information content (AvgIpc) is 3.30. The molecule has 3 aliphatic rings. The number of aliphatic carboxylic acids is 1. The molecular weight excluding hydrogens is 268 g/mol. The highest BCUT2D eigenvalue weighted by Gasteiger charge is 2.39. The lowest BCUT2D eigenvalue weighted by molar-refractivity contribution is -0.137. The standard InChI is InChI=1S/C16H26N2O3/c19-15(20)10-13(11-7-8-11)17-16(21)18-9-3-5-12-4-1-2-6-14(12)18/h11-14H,1-10H2,(H,17,21)(H,19,20)/t12-,13?,14-/m1/s1. The van der Waals surface area contributed by atoms with Crippen LogP contribution in [0, 0.1) is 11.8 Å². The molecule has 0 spiro atoms. The minimum Gasteiger partial charge on any atom is -0.481 e. The van der Waals surface area contributed by atoms with Crippen LogP contribution in [0.5, 0.6) is 0 Å². The average molecular weight is 294 g/mol. The minimum absolute atomic E-state index is 0.0234. The van der Waals surface area contributed by atoms with Crippen molar-refractivity contribution in [1.82, 2.24) is 10.2 Å². The monoisotopic (exact) mass is 294 g/mol. The number of carbonyl (C=O) groups is 2. The molecule has 5 heteroatoms. The second-order valence-corrected chi connectivity index (χ2v) is 6.94. The number of carboxylic acid groups (broad SMARTS) is 1. The van der Waals surface area contributed by atoms with Gasteiger partial charge in [0.1, 0.15) is 0 Å². The highest BCUT2D eigenvalue weighted by atomic mass is 16.4. The highest BCUT2D eigenvalue weighted by molar-refractivity contribution is 5.76. The highest BCUT2D eigenvalue weighted by Crippen LogP contribution is 2.36. The number of urea groups is 1. The van der Waals surface area contributed by atoms with E-state index in [0.717, 1.165) is 32.2 Å². The van der Waals surface area contributed by atoms with Crippen LogP contribution >= 0.6 is 0 Å². The molecule has 1 unspecified atom stereocenters. The van der Waals surface area contributed by atoms with Crippen molar-refractivity contribution >= 4 is 12.0 Å². The molecule has 21 heavy (non-hydrogen) atoms. The SMILES string of the molecule is O=C(O)CC(NC(=O)N1CCC[C@H]2CCCC[C@H]21)C1CC1. The zero-order chi connectivity index (χ0) is 14.8. The number of hydrogen-bond acceptors (Lipinski definition) is 2. The molecule has 2 N–H and O–H groups in total. The van der Waals surface area contributed by atoms with Crippen LogP contribution in [0.2, 0.25) is 0 Å². The number of nitrogens with one attached hydrogen (secondary N) is 1. The van der Waals surface area contributed by atoms with Gasteiger partial charge in [-0.25, -0.2) is 4.79 Å². The first-order valence-corrected chi connectivity index (χ1v) is 8.44. The van der Waals surface area contributed by atoms with Crippen LogP contribution in [0.3, 0.4) is 0 Å². The topological polar surface area (TPSA) is 69.6 Å². The maximum atomic E-state index is 12.6. The van der Waals surface area contributed by atoms with Crippen molar-refractivity contribution in [3.8, 4) is 0 Å². The molecule has 0 aromatic carbocycles. The first kappa shape index (κ1) is 14.7. The second-order valence-electron chi connectivity index (χ2n) is 6.94. The van der Waals surface area contributed by atoms with E-state index < -0.39 is 5.97 Å². The summed E-state index contributed by atoms with van der Waals surface area (Å²) >= 11 is 0. The Kier molecular flexibility index (Phi) is 4.36. The largest absolute Gasteiger partial charge is 0.481 e. The Morgan fingerprint density at radius 2 is 1.81 bits per heavy atom. The van der Waals surface area contributed by atoms with Gasteiger partial charge in [-0.15, -0.1) is 0 Å². The fraction of sp³-hybridized carbons (Fsp3) is 0.875. The van der Waals surface area contributed by atoms with E-state index in [9.17, 15) is 9.59 Å². The Balaban J connectivity index is 1.61. The molecule has 3 fully saturated rings. The smallest absolute Gasteiger partial charge is 0.317 e. The molecule has 0 bridgehead atoms. The summed E-state index contributed by atoms with van der Waals surface area (Å²) in [5, 5.41) is 12.0. The fourth-order valence-electron chi connectivity index (χ4n) is 4.14. The summed E-state index contributed by atoms with van der Waals surface area (Å²) in [6.07, 6.45) is 9.34. The van der Waals surface area contributed by atoms with Gasteiger partial charge in [0.25, 0.3) is 0 Å². The van der Waals surface area contributed by atoms with Gasteiger partial charge in [0, 0.05) is 18.6 Å². The first-order valence-electron chi connectivity index (χ1n) is 8.44. The van der Waals surface area contributed by atoms with Gasteiger partial charge in [0.05, 0.1) is 6.42 Å². The van der Waals surface area contributed by atoms with E-state index in [1.807, 2.05) is 4.90 Å². The van der Waals surface area contributed by atoms with E-state index in [-0.39, 0.29) is 18.5 Å². The van der Waals surface area contributed by atoms with Crippen LogP contribution in [0.25, 0.3) is 0 Å². The first-order chi connectivity index (χ1) is 10.1. The molecule has 1 aliphatic heterocycles. The van der Waals surface area contributed by atoms with Crippen LogP contribution in [0.1, 0.15) is 57.8 Å². The molecule has 1 saturated heterocycles. The molecule has 2 amide bonds. The zero-order valence-electron chi connectivity index (χ0n) is 12.6. The van der Waals surface area contributed by atoms with E-state index in [4.69, 9.17) is 5.11 Å².